The summed E-state index contributed by atoms with van der Waals surface area (Å²) in [4.78, 5) is 1.21. The molecule has 0 saturated carbocycles. The lowest BCUT2D eigenvalue weighted by Gasteiger charge is -2.29. The van der Waals surface area contributed by atoms with E-state index in [1.165, 1.54) is 4.88 Å². The van der Waals surface area contributed by atoms with Crippen molar-refractivity contribution >= 4 is 43.2 Å². The van der Waals surface area contributed by atoms with Crippen molar-refractivity contribution in [1.29, 1.82) is 0 Å². The third kappa shape index (κ3) is 2.37. The summed E-state index contributed by atoms with van der Waals surface area (Å²) in [6.45, 7) is 0. The van der Waals surface area contributed by atoms with Gasteiger partial charge in [-0.3, -0.25) is 0 Å². The lowest BCUT2D eigenvalue weighted by Crippen LogP contribution is -2.23. The van der Waals surface area contributed by atoms with Crippen LogP contribution in [0.3, 0.4) is 0 Å². The molecule has 5 heteroatoms. The van der Waals surface area contributed by atoms with Crippen LogP contribution in [0, 0.1) is 0 Å². The molecule has 1 aliphatic heterocycles. The molecule has 2 N–H and O–H groups in total. The maximum atomic E-state index is 6.23. The van der Waals surface area contributed by atoms with Crippen LogP contribution in [-0.4, -0.2) is 0 Å². The lowest BCUT2D eigenvalue weighted by molar-refractivity contribution is 0.165. The van der Waals surface area contributed by atoms with Gasteiger partial charge in [0.15, 0.2) is 0 Å². The van der Waals surface area contributed by atoms with Crippen LogP contribution in [0.1, 0.15) is 29.0 Å². The van der Waals surface area contributed by atoms with E-state index >= 15 is 0 Å². The highest BCUT2D eigenvalue weighted by Crippen LogP contribution is 2.42. The van der Waals surface area contributed by atoms with Crippen LogP contribution in [0.15, 0.2) is 38.6 Å². The number of fused-ring (bicyclic) bond motifs is 1. The molecule has 0 radical (unpaired) electrons. The molecule has 0 spiro atoms. The zero-order valence-corrected chi connectivity index (χ0v) is 13.4. The van der Waals surface area contributed by atoms with Crippen LogP contribution < -0.4 is 10.5 Å². The second-order valence-corrected chi connectivity index (χ2v) is 7.07. The van der Waals surface area contributed by atoms with Gasteiger partial charge < -0.3 is 10.5 Å². The van der Waals surface area contributed by atoms with Gasteiger partial charge in [-0.15, -0.1) is 11.3 Å². The second-order valence-electron chi connectivity index (χ2n) is 4.30. The first-order valence-corrected chi connectivity index (χ1v) is 8.05. The minimum atomic E-state index is 0.0349. The highest BCUT2D eigenvalue weighted by atomic mass is 79.9. The molecule has 1 unspecified atom stereocenters. The average molecular weight is 389 g/mol. The van der Waals surface area contributed by atoms with Gasteiger partial charge in [0, 0.05) is 37.2 Å². The van der Waals surface area contributed by atoms with Crippen molar-refractivity contribution in [2.75, 3.05) is 0 Å². The standard InChI is InChI=1S/C13H11Br2NOS/c14-7-1-2-9-10(16)5-12(17-11(9)3-7)13-4-8(15)6-18-13/h1-4,6,10,12H,5,16H2/t10-,12?/m1/s1. The number of benzene rings is 1. The molecule has 2 atom stereocenters. The molecule has 0 fully saturated rings. The molecule has 94 valence electrons. The Morgan fingerprint density at radius 2 is 2.06 bits per heavy atom. The van der Waals surface area contributed by atoms with Gasteiger partial charge in [-0.1, -0.05) is 22.0 Å². The molecule has 0 bridgehead atoms. The fourth-order valence-electron chi connectivity index (χ4n) is 2.15. The molecule has 2 nitrogen and oxygen atoms in total. The molecule has 1 aromatic carbocycles. The van der Waals surface area contributed by atoms with Crippen LogP contribution in [0.5, 0.6) is 5.75 Å². The predicted molar refractivity (Wildman–Crippen MR) is 81.1 cm³/mol. The Labute approximate surface area is 126 Å². The molecule has 0 aliphatic carbocycles. The molecule has 1 aliphatic rings. The van der Waals surface area contributed by atoms with Gasteiger partial charge in [0.2, 0.25) is 0 Å². The summed E-state index contributed by atoms with van der Waals surface area (Å²) >= 11 is 8.64. The third-order valence-electron chi connectivity index (χ3n) is 3.02. The quantitative estimate of drug-likeness (QED) is 0.761. The van der Waals surface area contributed by atoms with Crippen molar-refractivity contribution < 1.29 is 4.74 Å². The van der Waals surface area contributed by atoms with E-state index in [4.69, 9.17) is 10.5 Å². The van der Waals surface area contributed by atoms with E-state index in [2.05, 4.69) is 43.3 Å². The molecule has 18 heavy (non-hydrogen) atoms. The largest absolute Gasteiger partial charge is 0.484 e. The first-order valence-electron chi connectivity index (χ1n) is 5.59. The fourth-order valence-corrected chi connectivity index (χ4v) is 3.97. The first-order chi connectivity index (χ1) is 8.63. The van der Waals surface area contributed by atoms with Gasteiger partial charge >= 0.3 is 0 Å². The highest BCUT2D eigenvalue weighted by Gasteiger charge is 2.28. The van der Waals surface area contributed by atoms with E-state index in [0.717, 1.165) is 26.7 Å². The van der Waals surface area contributed by atoms with Crippen molar-refractivity contribution in [3.05, 3.63) is 49.0 Å². The Kier molecular flexibility index (Phi) is 3.49. The van der Waals surface area contributed by atoms with Crippen molar-refractivity contribution in [3.8, 4) is 5.75 Å². The Morgan fingerprint density at radius 1 is 1.22 bits per heavy atom. The maximum absolute atomic E-state index is 6.23. The molecule has 3 rings (SSSR count). The second kappa shape index (κ2) is 4.96. The van der Waals surface area contributed by atoms with Gasteiger partial charge in [0.25, 0.3) is 0 Å². The molecular weight excluding hydrogens is 378 g/mol. The fraction of sp³-hybridized carbons (Fsp3) is 0.231. The van der Waals surface area contributed by atoms with Crippen LogP contribution in [0.2, 0.25) is 0 Å². The predicted octanol–water partition coefficient (Wildman–Crippen LogP) is 4.80. The van der Waals surface area contributed by atoms with Crippen molar-refractivity contribution in [2.45, 2.75) is 18.6 Å². The number of hydrogen-bond donors (Lipinski definition) is 1. The number of thiophene rings is 1. The highest BCUT2D eigenvalue weighted by molar-refractivity contribution is 9.10. The Hall–Kier alpha value is -0.360. The molecule has 0 amide bonds. The normalized spacial score (nSPS) is 22.4. The summed E-state index contributed by atoms with van der Waals surface area (Å²) in [5, 5.41) is 2.07. The van der Waals surface area contributed by atoms with E-state index in [1.54, 1.807) is 11.3 Å². The monoisotopic (exact) mass is 387 g/mol. The summed E-state index contributed by atoms with van der Waals surface area (Å²) < 4.78 is 8.17. The van der Waals surface area contributed by atoms with Crippen molar-refractivity contribution in [2.24, 2.45) is 5.73 Å². The van der Waals surface area contributed by atoms with Gasteiger partial charge in [-0.2, -0.15) is 0 Å². The Balaban J connectivity index is 1.95. The van der Waals surface area contributed by atoms with Crippen LogP contribution in [0.4, 0.5) is 0 Å². The molecular formula is C13H11Br2NOS. The third-order valence-corrected chi connectivity index (χ3v) is 5.30. The summed E-state index contributed by atoms with van der Waals surface area (Å²) in [5.41, 5.74) is 7.32. The minimum Gasteiger partial charge on any atom is -0.484 e. The number of nitrogens with two attached hydrogens (primary N) is 1. The zero-order chi connectivity index (χ0) is 12.7. The number of ether oxygens (including phenoxy) is 1. The van der Waals surface area contributed by atoms with Gasteiger partial charge in [0.1, 0.15) is 11.9 Å². The van der Waals surface area contributed by atoms with Gasteiger partial charge in [-0.25, -0.2) is 0 Å². The topological polar surface area (TPSA) is 35.2 Å². The number of hydrogen-bond acceptors (Lipinski definition) is 3. The van der Waals surface area contributed by atoms with E-state index in [-0.39, 0.29) is 12.1 Å². The van der Waals surface area contributed by atoms with Gasteiger partial charge in [0.05, 0.1) is 0 Å². The maximum Gasteiger partial charge on any atom is 0.135 e. The Morgan fingerprint density at radius 3 is 2.78 bits per heavy atom. The van der Waals surface area contributed by atoms with Gasteiger partial charge in [-0.05, 0) is 34.1 Å². The van der Waals surface area contributed by atoms with Crippen LogP contribution in [0.25, 0.3) is 0 Å². The van der Waals surface area contributed by atoms with Crippen molar-refractivity contribution in [3.63, 3.8) is 0 Å². The average Bonchev–Trinajstić information content (AvgIpc) is 2.75. The Bertz CT molecular complexity index is 584. The molecule has 2 heterocycles. The van der Waals surface area contributed by atoms with Crippen molar-refractivity contribution in [1.82, 2.24) is 0 Å². The van der Waals surface area contributed by atoms with Crippen LogP contribution >= 0.6 is 43.2 Å². The number of halogens is 2. The molecule has 0 saturated heterocycles. The molecule has 2 aromatic rings. The number of rotatable bonds is 1. The summed E-state index contributed by atoms with van der Waals surface area (Å²) in [7, 11) is 0. The SMILES string of the molecule is N[C@@H]1CC(c2cc(Br)cs2)Oc2cc(Br)ccc21. The van der Waals surface area contributed by atoms with E-state index in [0.29, 0.717) is 0 Å². The summed E-state index contributed by atoms with van der Waals surface area (Å²) in [6.07, 6.45) is 0.875. The zero-order valence-electron chi connectivity index (χ0n) is 9.40. The minimum absolute atomic E-state index is 0.0349. The smallest absolute Gasteiger partial charge is 0.135 e. The summed E-state index contributed by atoms with van der Waals surface area (Å²) in [5.74, 6) is 0.887. The summed E-state index contributed by atoms with van der Waals surface area (Å²) in [6, 6.07) is 8.16. The first kappa shape index (κ1) is 12.7. The van der Waals surface area contributed by atoms with E-state index in [1.807, 2.05) is 18.2 Å². The lowest BCUT2D eigenvalue weighted by atomic mass is 9.97. The van der Waals surface area contributed by atoms with E-state index in [9.17, 15) is 0 Å². The molecule has 1 aromatic heterocycles. The van der Waals surface area contributed by atoms with Crippen LogP contribution in [-0.2, 0) is 0 Å². The van der Waals surface area contributed by atoms with E-state index < -0.39 is 0 Å².